The number of sulfonamides is 1. The second-order valence-corrected chi connectivity index (χ2v) is 7.98. The molecular formula is C20H20N2O5S. The number of ether oxygens (including phenoxy) is 1. The van der Waals surface area contributed by atoms with Gasteiger partial charge in [0.15, 0.2) is 6.61 Å². The fourth-order valence-corrected chi connectivity index (χ4v) is 3.95. The van der Waals surface area contributed by atoms with Crippen molar-refractivity contribution in [1.82, 2.24) is 9.71 Å². The molecule has 0 spiro atoms. The molecule has 8 heteroatoms. The number of ketones is 1. The molecule has 0 unspecified atom stereocenters. The van der Waals surface area contributed by atoms with Crippen molar-refractivity contribution >= 4 is 32.7 Å². The van der Waals surface area contributed by atoms with Crippen LogP contribution in [0.2, 0.25) is 0 Å². The predicted octanol–water partition coefficient (Wildman–Crippen LogP) is 2.57. The number of carbonyl (C=O) groups is 2. The lowest BCUT2D eigenvalue weighted by Crippen LogP contribution is -2.27. The minimum atomic E-state index is -3.68. The first-order valence-electron chi connectivity index (χ1n) is 8.69. The smallest absolute Gasteiger partial charge is 0.307 e. The van der Waals surface area contributed by atoms with E-state index < -0.39 is 22.6 Å². The summed E-state index contributed by atoms with van der Waals surface area (Å²) in [7, 11) is -3.68. The molecule has 3 rings (SSSR count). The summed E-state index contributed by atoms with van der Waals surface area (Å²) in [6.07, 6.45) is -0.174. The van der Waals surface area contributed by atoms with Gasteiger partial charge >= 0.3 is 5.97 Å². The van der Waals surface area contributed by atoms with Crippen LogP contribution in [0.3, 0.4) is 0 Å². The van der Waals surface area contributed by atoms with Crippen molar-refractivity contribution in [3.63, 3.8) is 0 Å². The first-order valence-corrected chi connectivity index (χ1v) is 10.2. The highest BCUT2D eigenvalue weighted by Crippen LogP contribution is 2.22. The van der Waals surface area contributed by atoms with Crippen LogP contribution < -0.4 is 4.72 Å². The summed E-state index contributed by atoms with van der Waals surface area (Å²) in [6.45, 7) is 1.27. The summed E-state index contributed by atoms with van der Waals surface area (Å²) in [5.74, 6) is -0.963. The molecule has 0 atom stereocenters. The molecule has 0 radical (unpaired) electrons. The Balaban J connectivity index is 1.52. The van der Waals surface area contributed by atoms with Gasteiger partial charge in [0, 0.05) is 28.7 Å². The number of para-hydroxylation sites is 1. The van der Waals surface area contributed by atoms with E-state index in [1.54, 1.807) is 25.1 Å². The van der Waals surface area contributed by atoms with Gasteiger partial charge in [-0.3, -0.25) is 9.59 Å². The number of hydrogen-bond donors (Lipinski definition) is 2. The maximum Gasteiger partial charge on any atom is 0.307 e. The van der Waals surface area contributed by atoms with Crippen molar-refractivity contribution in [2.45, 2.75) is 18.2 Å². The molecule has 0 fully saturated rings. The first kappa shape index (κ1) is 19.8. The number of rotatable bonds is 8. The molecule has 2 N–H and O–H groups in total. The molecule has 0 aliphatic rings. The number of benzene rings is 2. The van der Waals surface area contributed by atoms with Crippen molar-refractivity contribution in [2.24, 2.45) is 0 Å². The van der Waals surface area contributed by atoms with Crippen LogP contribution in [0, 0.1) is 6.92 Å². The van der Waals surface area contributed by atoms with Gasteiger partial charge in [-0.25, -0.2) is 13.1 Å². The Morgan fingerprint density at radius 3 is 2.46 bits per heavy atom. The Bertz CT molecular complexity index is 1100. The Morgan fingerprint density at radius 1 is 1.04 bits per heavy atom. The monoisotopic (exact) mass is 400 g/mol. The SMILES string of the molecule is Cc1[nH]c2ccccc2c1C(=O)COC(=O)CCNS(=O)(=O)c1ccccc1. The van der Waals surface area contributed by atoms with Gasteiger partial charge in [0.25, 0.3) is 0 Å². The van der Waals surface area contributed by atoms with Gasteiger partial charge < -0.3 is 9.72 Å². The van der Waals surface area contributed by atoms with E-state index in [1.165, 1.54) is 12.1 Å². The maximum absolute atomic E-state index is 12.5. The molecule has 7 nitrogen and oxygen atoms in total. The fraction of sp³-hybridized carbons (Fsp3) is 0.200. The third-order valence-corrected chi connectivity index (χ3v) is 5.69. The quantitative estimate of drug-likeness (QED) is 0.447. The van der Waals surface area contributed by atoms with Gasteiger partial charge in [-0.15, -0.1) is 0 Å². The highest BCUT2D eigenvalue weighted by molar-refractivity contribution is 7.89. The number of carbonyl (C=O) groups excluding carboxylic acids is 2. The standard InChI is InChI=1S/C20H20N2O5S/c1-14-20(16-9-5-6-10-17(16)22-14)18(23)13-27-19(24)11-12-21-28(25,26)15-7-3-2-4-8-15/h2-10,21-22H,11-13H2,1H3. The number of nitrogens with one attached hydrogen (secondary N) is 2. The molecule has 0 aliphatic heterocycles. The third-order valence-electron chi connectivity index (χ3n) is 4.21. The Hall–Kier alpha value is -2.97. The fourth-order valence-electron chi connectivity index (χ4n) is 2.90. The summed E-state index contributed by atoms with van der Waals surface area (Å²) in [4.78, 5) is 27.6. The molecule has 0 saturated heterocycles. The van der Waals surface area contributed by atoms with Crippen LogP contribution in [0.1, 0.15) is 22.5 Å². The number of aromatic nitrogens is 1. The molecule has 1 aromatic heterocycles. The van der Waals surface area contributed by atoms with Crippen molar-refractivity contribution in [3.8, 4) is 0 Å². The lowest BCUT2D eigenvalue weighted by molar-refractivity contribution is -0.142. The van der Waals surface area contributed by atoms with E-state index in [2.05, 4.69) is 9.71 Å². The van der Waals surface area contributed by atoms with E-state index in [9.17, 15) is 18.0 Å². The average molecular weight is 400 g/mol. The normalized spacial score (nSPS) is 11.5. The molecule has 0 amide bonds. The molecular weight excluding hydrogens is 380 g/mol. The number of aryl methyl sites for hydroxylation is 1. The zero-order chi connectivity index (χ0) is 20.1. The molecule has 3 aromatic rings. The van der Waals surface area contributed by atoms with E-state index in [0.29, 0.717) is 11.3 Å². The average Bonchev–Trinajstić information content (AvgIpc) is 3.02. The summed E-state index contributed by atoms with van der Waals surface area (Å²) < 4.78 is 31.5. The van der Waals surface area contributed by atoms with Crippen LogP contribution in [0.5, 0.6) is 0 Å². The number of fused-ring (bicyclic) bond motifs is 1. The molecule has 2 aromatic carbocycles. The van der Waals surface area contributed by atoms with Crippen LogP contribution in [-0.4, -0.2) is 38.3 Å². The van der Waals surface area contributed by atoms with E-state index in [4.69, 9.17) is 4.74 Å². The van der Waals surface area contributed by atoms with Gasteiger partial charge in [-0.1, -0.05) is 36.4 Å². The summed E-state index contributed by atoms with van der Waals surface area (Å²) in [5, 5.41) is 0.775. The van der Waals surface area contributed by atoms with E-state index in [0.717, 1.165) is 10.9 Å². The van der Waals surface area contributed by atoms with Crippen molar-refractivity contribution in [2.75, 3.05) is 13.2 Å². The molecule has 0 saturated carbocycles. The molecule has 0 aliphatic carbocycles. The first-order chi connectivity index (χ1) is 13.4. The zero-order valence-corrected chi connectivity index (χ0v) is 16.1. The van der Waals surface area contributed by atoms with Crippen LogP contribution in [0.15, 0.2) is 59.5 Å². The predicted molar refractivity (Wildman–Crippen MR) is 105 cm³/mol. The van der Waals surface area contributed by atoms with Crippen LogP contribution in [0.4, 0.5) is 0 Å². The van der Waals surface area contributed by atoms with Gasteiger partial charge in [0.1, 0.15) is 0 Å². The van der Waals surface area contributed by atoms with Gasteiger partial charge in [0.2, 0.25) is 15.8 Å². The molecule has 1 heterocycles. The Morgan fingerprint density at radius 2 is 1.71 bits per heavy atom. The lowest BCUT2D eigenvalue weighted by atomic mass is 10.1. The summed E-state index contributed by atoms with van der Waals surface area (Å²) in [6, 6.07) is 15.2. The van der Waals surface area contributed by atoms with Gasteiger partial charge in [-0.2, -0.15) is 0 Å². The molecule has 28 heavy (non-hydrogen) atoms. The second kappa shape index (κ2) is 8.37. The third kappa shape index (κ3) is 4.47. The second-order valence-electron chi connectivity index (χ2n) is 6.22. The highest BCUT2D eigenvalue weighted by Gasteiger charge is 2.18. The number of hydrogen-bond acceptors (Lipinski definition) is 5. The Kier molecular flexibility index (Phi) is 5.91. The maximum atomic E-state index is 12.5. The molecule has 0 bridgehead atoms. The van der Waals surface area contributed by atoms with Crippen LogP contribution in [-0.2, 0) is 19.6 Å². The summed E-state index contributed by atoms with van der Waals surface area (Å²) in [5.41, 5.74) is 2.04. The zero-order valence-electron chi connectivity index (χ0n) is 15.3. The van der Waals surface area contributed by atoms with E-state index >= 15 is 0 Å². The van der Waals surface area contributed by atoms with Crippen molar-refractivity contribution in [3.05, 3.63) is 65.9 Å². The number of Topliss-reactive ketones (excluding diaryl/α,β-unsaturated/α-hetero) is 1. The number of aromatic amines is 1. The lowest BCUT2D eigenvalue weighted by Gasteiger charge is -2.07. The van der Waals surface area contributed by atoms with Crippen LogP contribution in [0.25, 0.3) is 10.9 Å². The van der Waals surface area contributed by atoms with E-state index in [1.807, 2.05) is 24.3 Å². The Labute approximate surface area is 162 Å². The minimum absolute atomic E-state index is 0.115. The van der Waals surface area contributed by atoms with Gasteiger partial charge in [-0.05, 0) is 25.1 Å². The van der Waals surface area contributed by atoms with Crippen molar-refractivity contribution in [1.29, 1.82) is 0 Å². The number of H-pyrrole nitrogens is 1. The summed E-state index contributed by atoms with van der Waals surface area (Å²) >= 11 is 0. The van der Waals surface area contributed by atoms with E-state index in [-0.39, 0.29) is 23.6 Å². The van der Waals surface area contributed by atoms with Crippen LogP contribution >= 0.6 is 0 Å². The topological polar surface area (TPSA) is 105 Å². The molecule has 146 valence electrons. The minimum Gasteiger partial charge on any atom is -0.457 e. The highest BCUT2D eigenvalue weighted by atomic mass is 32.2. The van der Waals surface area contributed by atoms with Crippen molar-refractivity contribution < 1.29 is 22.7 Å². The number of esters is 1. The largest absolute Gasteiger partial charge is 0.457 e. The van der Waals surface area contributed by atoms with Gasteiger partial charge in [0.05, 0.1) is 11.3 Å².